The molecule has 1 aromatic heterocycles. The Balaban J connectivity index is 1.88. The van der Waals surface area contributed by atoms with E-state index in [0.717, 1.165) is 29.6 Å². The van der Waals surface area contributed by atoms with Crippen molar-refractivity contribution in [3.63, 3.8) is 0 Å². The van der Waals surface area contributed by atoms with Gasteiger partial charge in [-0.05, 0) is 46.5 Å². The van der Waals surface area contributed by atoms with E-state index < -0.39 is 0 Å². The van der Waals surface area contributed by atoms with Gasteiger partial charge in [0.2, 0.25) is 0 Å². The zero-order valence-corrected chi connectivity index (χ0v) is 13.6. The molecule has 2 N–H and O–H groups in total. The highest BCUT2D eigenvalue weighted by molar-refractivity contribution is 5.58. The Morgan fingerprint density at radius 1 is 1.10 bits per heavy atom. The second-order valence-electron chi connectivity index (χ2n) is 6.95. The first-order chi connectivity index (χ1) is 10.1. The fourth-order valence-corrected chi connectivity index (χ4v) is 3.26. The van der Waals surface area contributed by atoms with Gasteiger partial charge >= 0.3 is 0 Å². The summed E-state index contributed by atoms with van der Waals surface area (Å²) in [5.74, 6) is 3.67. The molecule has 0 unspecified atom stereocenters. The minimum Gasteiger partial charge on any atom is -0.370 e. The van der Waals surface area contributed by atoms with E-state index in [1.165, 1.54) is 44.9 Å². The lowest BCUT2D eigenvalue weighted by Crippen LogP contribution is -2.37. The van der Waals surface area contributed by atoms with Crippen molar-refractivity contribution in [2.75, 3.05) is 17.2 Å². The van der Waals surface area contributed by atoms with Gasteiger partial charge in [-0.15, -0.1) is 0 Å². The third kappa shape index (κ3) is 3.30. The molecule has 0 aromatic carbocycles. The number of nitrogens with one attached hydrogen (secondary N) is 2. The second kappa shape index (κ2) is 5.82. The molecule has 116 valence electrons. The highest BCUT2D eigenvalue weighted by atomic mass is 15.1. The summed E-state index contributed by atoms with van der Waals surface area (Å²) in [7, 11) is 0. The van der Waals surface area contributed by atoms with Crippen LogP contribution >= 0.6 is 0 Å². The Bertz CT molecular complexity index is 502. The summed E-state index contributed by atoms with van der Waals surface area (Å²) in [5.41, 5.74) is 1.36. The van der Waals surface area contributed by atoms with Crippen LogP contribution in [-0.4, -0.2) is 22.1 Å². The van der Waals surface area contributed by atoms with E-state index in [2.05, 4.69) is 31.4 Å². The van der Waals surface area contributed by atoms with Gasteiger partial charge in [0.05, 0.1) is 0 Å². The van der Waals surface area contributed by atoms with Crippen molar-refractivity contribution in [3.8, 4) is 0 Å². The SMILES string of the molecule is CCNc1nc(C2CC2)nc(NC2(C)CCCCC2)c1C. The smallest absolute Gasteiger partial charge is 0.136 e. The molecular formula is C17H28N4. The number of rotatable bonds is 5. The van der Waals surface area contributed by atoms with Gasteiger partial charge in [-0.1, -0.05) is 19.3 Å². The van der Waals surface area contributed by atoms with Gasteiger partial charge in [0.25, 0.3) is 0 Å². The van der Waals surface area contributed by atoms with E-state index >= 15 is 0 Å². The molecule has 0 aliphatic heterocycles. The first-order valence-corrected chi connectivity index (χ1v) is 8.52. The minimum absolute atomic E-state index is 0.196. The van der Waals surface area contributed by atoms with E-state index in [1.807, 2.05) is 0 Å². The molecule has 0 radical (unpaired) electrons. The van der Waals surface area contributed by atoms with Crippen LogP contribution in [0.1, 0.15) is 76.1 Å². The highest BCUT2D eigenvalue weighted by Gasteiger charge is 2.31. The lowest BCUT2D eigenvalue weighted by Gasteiger charge is -2.35. The van der Waals surface area contributed by atoms with Crippen molar-refractivity contribution in [3.05, 3.63) is 11.4 Å². The lowest BCUT2D eigenvalue weighted by molar-refractivity contribution is 0.348. The molecule has 4 nitrogen and oxygen atoms in total. The summed E-state index contributed by atoms with van der Waals surface area (Å²) in [4.78, 5) is 9.59. The van der Waals surface area contributed by atoms with Gasteiger partial charge in [0.15, 0.2) is 0 Å². The maximum absolute atomic E-state index is 4.85. The van der Waals surface area contributed by atoms with Crippen LogP contribution in [0.25, 0.3) is 0 Å². The van der Waals surface area contributed by atoms with Crippen molar-refractivity contribution < 1.29 is 0 Å². The molecule has 0 bridgehead atoms. The molecule has 1 aromatic rings. The van der Waals surface area contributed by atoms with Gasteiger partial charge in [-0.25, -0.2) is 9.97 Å². The predicted molar refractivity (Wildman–Crippen MR) is 88.0 cm³/mol. The maximum atomic E-state index is 4.85. The zero-order chi connectivity index (χ0) is 14.9. The summed E-state index contributed by atoms with van der Waals surface area (Å²) in [6.07, 6.45) is 8.98. The largest absolute Gasteiger partial charge is 0.370 e. The van der Waals surface area contributed by atoms with Crippen LogP contribution in [0.3, 0.4) is 0 Å². The Morgan fingerprint density at radius 2 is 1.76 bits per heavy atom. The first kappa shape index (κ1) is 14.6. The molecule has 1 heterocycles. The third-order valence-corrected chi connectivity index (χ3v) is 4.83. The Labute approximate surface area is 128 Å². The Morgan fingerprint density at radius 3 is 2.38 bits per heavy atom. The molecule has 2 aliphatic carbocycles. The number of nitrogens with zero attached hydrogens (tertiary/aromatic N) is 2. The Kier molecular flexibility index (Phi) is 4.05. The second-order valence-corrected chi connectivity index (χ2v) is 6.95. The van der Waals surface area contributed by atoms with Crippen LogP contribution in [0.5, 0.6) is 0 Å². The molecule has 0 atom stereocenters. The van der Waals surface area contributed by atoms with Crippen LogP contribution in [0.2, 0.25) is 0 Å². The predicted octanol–water partition coefficient (Wildman–Crippen LogP) is 4.23. The fraction of sp³-hybridized carbons (Fsp3) is 0.765. The summed E-state index contributed by atoms with van der Waals surface area (Å²) in [6.45, 7) is 7.49. The van der Waals surface area contributed by atoms with E-state index in [4.69, 9.17) is 9.97 Å². The van der Waals surface area contributed by atoms with E-state index in [0.29, 0.717) is 5.92 Å². The number of hydrogen-bond acceptors (Lipinski definition) is 4. The summed E-state index contributed by atoms with van der Waals surface area (Å²) < 4.78 is 0. The molecule has 2 fully saturated rings. The normalized spacial score (nSPS) is 21.1. The van der Waals surface area contributed by atoms with Crippen molar-refractivity contribution in [1.82, 2.24) is 9.97 Å². The van der Waals surface area contributed by atoms with Crippen LogP contribution in [-0.2, 0) is 0 Å². The number of aromatic nitrogens is 2. The summed E-state index contributed by atoms with van der Waals surface area (Å²) in [6, 6.07) is 0. The minimum atomic E-state index is 0.196. The van der Waals surface area contributed by atoms with E-state index in [-0.39, 0.29) is 5.54 Å². The van der Waals surface area contributed by atoms with Gasteiger partial charge in [0.1, 0.15) is 17.5 Å². The van der Waals surface area contributed by atoms with Gasteiger partial charge < -0.3 is 10.6 Å². The molecule has 2 saturated carbocycles. The highest BCUT2D eigenvalue weighted by Crippen LogP contribution is 2.40. The van der Waals surface area contributed by atoms with Crippen LogP contribution in [0, 0.1) is 6.92 Å². The Hall–Kier alpha value is -1.32. The first-order valence-electron chi connectivity index (χ1n) is 8.52. The zero-order valence-electron chi connectivity index (χ0n) is 13.6. The standard InChI is InChI=1S/C17H28N4/c1-4-18-14-12(2)15(20-16(19-14)13-8-9-13)21-17(3)10-6-5-7-11-17/h13H,4-11H2,1-3H3,(H2,18,19,20,21). The van der Waals surface area contributed by atoms with Crippen molar-refractivity contribution in [2.45, 2.75) is 77.2 Å². The quantitative estimate of drug-likeness (QED) is 0.851. The maximum Gasteiger partial charge on any atom is 0.136 e. The summed E-state index contributed by atoms with van der Waals surface area (Å²) in [5, 5.41) is 7.15. The van der Waals surface area contributed by atoms with Crippen LogP contribution in [0.15, 0.2) is 0 Å². The van der Waals surface area contributed by atoms with E-state index in [9.17, 15) is 0 Å². The molecular weight excluding hydrogens is 260 g/mol. The van der Waals surface area contributed by atoms with Crippen LogP contribution < -0.4 is 10.6 Å². The number of anilines is 2. The lowest BCUT2D eigenvalue weighted by atomic mass is 9.83. The summed E-state index contributed by atoms with van der Waals surface area (Å²) >= 11 is 0. The molecule has 21 heavy (non-hydrogen) atoms. The van der Waals surface area contributed by atoms with Gasteiger partial charge in [-0.3, -0.25) is 0 Å². The molecule has 3 rings (SSSR count). The topological polar surface area (TPSA) is 49.8 Å². The third-order valence-electron chi connectivity index (χ3n) is 4.83. The molecule has 0 saturated heterocycles. The molecule has 0 amide bonds. The average molecular weight is 288 g/mol. The molecule has 0 spiro atoms. The average Bonchev–Trinajstić information content (AvgIpc) is 3.28. The van der Waals surface area contributed by atoms with E-state index in [1.54, 1.807) is 0 Å². The van der Waals surface area contributed by atoms with Crippen molar-refractivity contribution >= 4 is 11.6 Å². The van der Waals surface area contributed by atoms with Gasteiger partial charge in [-0.2, -0.15) is 0 Å². The fourth-order valence-electron chi connectivity index (χ4n) is 3.26. The van der Waals surface area contributed by atoms with Crippen molar-refractivity contribution in [2.24, 2.45) is 0 Å². The molecule has 2 aliphatic rings. The van der Waals surface area contributed by atoms with Gasteiger partial charge in [0, 0.05) is 23.6 Å². The molecule has 4 heteroatoms. The monoisotopic (exact) mass is 288 g/mol. The van der Waals surface area contributed by atoms with Crippen molar-refractivity contribution in [1.29, 1.82) is 0 Å². The van der Waals surface area contributed by atoms with Crippen LogP contribution in [0.4, 0.5) is 11.6 Å². The number of hydrogen-bond donors (Lipinski definition) is 2.